The molecular formula is C17H13ClF2N2O2. The van der Waals surface area contributed by atoms with Crippen LogP contribution in [-0.4, -0.2) is 18.4 Å². The van der Waals surface area contributed by atoms with Gasteiger partial charge in [0.05, 0.1) is 5.92 Å². The quantitative estimate of drug-likeness (QED) is 0.919. The van der Waals surface area contributed by atoms with Gasteiger partial charge < -0.3 is 10.2 Å². The number of hydrogen-bond donors (Lipinski definition) is 1. The summed E-state index contributed by atoms with van der Waals surface area (Å²) in [4.78, 5) is 25.7. The minimum absolute atomic E-state index is 0.00535. The summed E-state index contributed by atoms with van der Waals surface area (Å²) in [5.74, 6) is -3.24. The van der Waals surface area contributed by atoms with Crippen molar-refractivity contribution in [1.82, 2.24) is 0 Å². The second kappa shape index (κ2) is 6.57. The van der Waals surface area contributed by atoms with Crippen molar-refractivity contribution in [3.8, 4) is 0 Å². The number of amides is 2. The van der Waals surface area contributed by atoms with Crippen molar-refractivity contribution >= 4 is 34.8 Å². The molecule has 0 radical (unpaired) electrons. The van der Waals surface area contributed by atoms with Gasteiger partial charge in [-0.1, -0.05) is 17.7 Å². The Bertz CT molecular complexity index is 813. The van der Waals surface area contributed by atoms with Gasteiger partial charge in [0.25, 0.3) is 0 Å². The van der Waals surface area contributed by atoms with E-state index >= 15 is 0 Å². The highest BCUT2D eigenvalue weighted by Gasteiger charge is 2.35. The van der Waals surface area contributed by atoms with E-state index in [1.54, 1.807) is 24.3 Å². The van der Waals surface area contributed by atoms with Gasteiger partial charge in [0.2, 0.25) is 11.8 Å². The number of benzene rings is 2. The molecule has 24 heavy (non-hydrogen) atoms. The number of carbonyl (C=O) groups excluding carboxylic acids is 2. The molecule has 1 N–H and O–H groups in total. The first kappa shape index (κ1) is 16.4. The fourth-order valence-corrected chi connectivity index (χ4v) is 2.79. The molecule has 1 atom stereocenters. The van der Waals surface area contributed by atoms with Crippen molar-refractivity contribution in [1.29, 1.82) is 0 Å². The van der Waals surface area contributed by atoms with Crippen molar-refractivity contribution in [2.75, 3.05) is 16.8 Å². The van der Waals surface area contributed by atoms with E-state index < -0.39 is 17.6 Å². The Morgan fingerprint density at radius 3 is 2.67 bits per heavy atom. The van der Waals surface area contributed by atoms with Crippen LogP contribution in [0.4, 0.5) is 20.2 Å². The van der Waals surface area contributed by atoms with Crippen LogP contribution in [-0.2, 0) is 9.59 Å². The molecule has 7 heteroatoms. The predicted molar refractivity (Wildman–Crippen MR) is 86.9 cm³/mol. The van der Waals surface area contributed by atoms with Crippen molar-refractivity contribution in [2.45, 2.75) is 6.42 Å². The average Bonchev–Trinajstić information content (AvgIpc) is 2.92. The molecule has 2 aromatic rings. The molecule has 4 nitrogen and oxygen atoms in total. The zero-order chi connectivity index (χ0) is 17.3. The van der Waals surface area contributed by atoms with E-state index in [1.165, 1.54) is 11.0 Å². The smallest absolute Gasteiger partial charge is 0.229 e. The van der Waals surface area contributed by atoms with Crippen LogP contribution in [0.2, 0.25) is 5.02 Å². The molecule has 0 aliphatic carbocycles. The molecule has 1 saturated heterocycles. The highest BCUT2D eigenvalue weighted by Crippen LogP contribution is 2.27. The van der Waals surface area contributed by atoms with Crippen molar-refractivity contribution in [2.24, 2.45) is 5.92 Å². The third kappa shape index (κ3) is 3.38. The van der Waals surface area contributed by atoms with Gasteiger partial charge in [-0.3, -0.25) is 9.59 Å². The van der Waals surface area contributed by atoms with Gasteiger partial charge in [0.1, 0.15) is 0 Å². The number of nitrogens with one attached hydrogen (secondary N) is 1. The second-order valence-corrected chi connectivity index (χ2v) is 5.94. The topological polar surface area (TPSA) is 49.4 Å². The van der Waals surface area contributed by atoms with Gasteiger partial charge in [0.15, 0.2) is 11.6 Å². The minimum atomic E-state index is -1.04. The number of rotatable bonds is 3. The lowest BCUT2D eigenvalue weighted by Gasteiger charge is -2.17. The zero-order valence-corrected chi connectivity index (χ0v) is 13.2. The van der Waals surface area contributed by atoms with Gasteiger partial charge >= 0.3 is 0 Å². The molecule has 0 spiro atoms. The highest BCUT2D eigenvalue weighted by molar-refractivity contribution is 6.30. The summed E-state index contributed by atoms with van der Waals surface area (Å²) >= 11 is 5.86. The number of hydrogen-bond acceptors (Lipinski definition) is 2. The van der Waals surface area contributed by atoms with E-state index in [0.717, 1.165) is 12.1 Å². The molecule has 0 saturated carbocycles. The van der Waals surface area contributed by atoms with Crippen LogP contribution in [0.3, 0.4) is 0 Å². The van der Waals surface area contributed by atoms with E-state index in [2.05, 4.69) is 5.32 Å². The number of nitrogens with zero attached hydrogens (tertiary/aromatic N) is 1. The van der Waals surface area contributed by atoms with Crippen LogP contribution in [0.5, 0.6) is 0 Å². The maximum Gasteiger partial charge on any atom is 0.229 e. The fraction of sp³-hybridized carbons (Fsp3) is 0.176. The van der Waals surface area contributed by atoms with Gasteiger partial charge in [0, 0.05) is 35.4 Å². The number of halogens is 3. The maximum absolute atomic E-state index is 13.3. The van der Waals surface area contributed by atoms with Crippen LogP contribution in [0.25, 0.3) is 0 Å². The third-order valence-corrected chi connectivity index (χ3v) is 4.04. The van der Waals surface area contributed by atoms with Gasteiger partial charge in [-0.15, -0.1) is 0 Å². The molecule has 0 bridgehead atoms. The first-order chi connectivity index (χ1) is 11.4. The monoisotopic (exact) mass is 350 g/mol. The first-order valence-corrected chi connectivity index (χ1v) is 7.63. The van der Waals surface area contributed by atoms with Gasteiger partial charge in [-0.05, 0) is 30.3 Å². The van der Waals surface area contributed by atoms with Gasteiger partial charge in [-0.2, -0.15) is 0 Å². The Morgan fingerprint density at radius 2 is 1.96 bits per heavy atom. The molecule has 1 fully saturated rings. The van der Waals surface area contributed by atoms with Crippen LogP contribution < -0.4 is 10.2 Å². The number of carbonyl (C=O) groups is 2. The lowest BCUT2D eigenvalue weighted by atomic mass is 10.1. The Kier molecular flexibility index (Phi) is 4.49. The van der Waals surface area contributed by atoms with Crippen molar-refractivity contribution < 1.29 is 18.4 Å². The molecule has 1 unspecified atom stereocenters. The lowest BCUT2D eigenvalue weighted by Crippen LogP contribution is -2.28. The van der Waals surface area contributed by atoms with E-state index in [0.29, 0.717) is 10.7 Å². The van der Waals surface area contributed by atoms with E-state index in [1.807, 2.05) is 0 Å². The summed E-state index contributed by atoms with van der Waals surface area (Å²) in [5.41, 5.74) is 0.767. The first-order valence-electron chi connectivity index (χ1n) is 7.26. The molecule has 2 amide bonds. The second-order valence-electron chi connectivity index (χ2n) is 5.50. The summed E-state index contributed by atoms with van der Waals surface area (Å²) in [6.07, 6.45) is 0.00535. The summed E-state index contributed by atoms with van der Waals surface area (Å²) in [6.45, 7) is 0.107. The van der Waals surface area contributed by atoms with Gasteiger partial charge in [-0.25, -0.2) is 8.78 Å². The normalized spacial score (nSPS) is 17.2. The Hall–Kier alpha value is -2.47. The molecule has 1 heterocycles. The third-order valence-electron chi connectivity index (χ3n) is 3.80. The molecule has 124 valence electrons. The predicted octanol–water partition coefficient (Wildman–Crippen LogP) is 3.61. The molecule has 0 aromatic heterocycles. The van der Waals surface area contributed by atoms with E-state index in [9.17, 15) is 18.4 Å². The Morgan fingerprint density at radius 1 is 1.17 bits per heavy atom. The van der Waals surface area contributed by atoms with Crippen LogP contribution in [0.1, 0.15) is 6.42 Å². The summed E-state index contributed by atoms with van der Waals surface area (Å²) in [5, 5.41) is 3.19. The lowest BCUT2D eigenvalue weighted by molar-refractivity contribution is -0.122. The molecule has 1 aliphatic heterocycles. The average molecular weight is 351 g/mol. The summed E-state index contributed by atoms with van der Waals surface area (Å²) in [7, 11) is 0. The zero-order valence-electron chi connectivity index (χ0n) is 12.4. The molecule has 1 aliphatic rings. The fourth-order valence-electron chi connectivity index (χ4n) is 2.60. The van der Waals surface area contributed by atoms with Crippen LogP contribution in [0, 0.1) is 17.6 Å². The SMILES string of the molecule is O=C(Nc1cccc(Cl)c1)C1CC(=O)N(c2ccc(F)c(F)c2)C1. The van der Waals surface area contributed by atoms with Crippen molar-refractivity contribution in [3.05, 3.63) is 59.1 Å². The van der Waals surface area contributed by atoms with Crippen molar-refractivity contribution in [3.63, 3.8) is 0 Å². The summed E-state index contributed by atoms with van der Waals surface area (Å²) in [6, 6.07) is 9.89. The highest BCUT2D eigenvalue weighted by atomic mass is 35.5. The minimum Gasteiger partial charge on any atom is -0.326 e. The molecule has 2 aromatic carbocycles. The summed E-state index contributed by atoms with van der Waals surface area (Å²) < 4.78 is 26.3. The largest absolute Gasteiger partial charge is 0.326 e. The standard InChI is InChI=1S/C17H13ClF2N2O2/c18-11-2-1-3-12(7-11)21-17(24)10-6-16(23)22(9-10)13-4-5-14(19)15(20)8-13/h1-5,7-8,10H,6,9H2,(H,21,24). The van der Waals surface area contributed by atoms with Crippen LogP contribution in [0.15, 0.2) is 42.5 Å². The Balaban J connectivity index is 1.72. The molecular weight excluding hydrogens is 338 g/mol. The van der Waals surface area contributed by atoms with Crippen LogP contribution >= 0.6 is 11.6 Å². The number of anilines is 2. The Labute approximate surface area is 142 Å². The van der Waals surface area contributed by atoms with E-state index in [4.69, 9.17) is 11.6 Å². The molecule has 3 rings (SSSR count). The maximum atomic E-state index is 13.3. The van der Waals surface area contributed by atoms with E-state index in [-0.39, 0.29) is 30.5 Å².